The molecule has 180 valence electrons. The Hall–Kier alpha value is -3.44. The summed E-state index contributed by atoms with van der Waals surface area (Å²) in [7, 11) is 1.41. The number of methoxy groups -OCH3 is 1. The van der Waals surface area contributed by atoms with Crippen LogP contribution in [-0.2, 0) is 14.3 Å². The molecule has 35 heavy (non-hydrogen) atoms. The van der Waals surface area contributed by atoms with Gasteiger partial charge in [-0.15, -0.1) is 0 Å². The Morgan fingerprint density at radius 2 is 1.40 bits per heavy atom. The molecule has 0 bridgehead atoms. The van der Waals surface area contributed by atoms with Crippen molar-refractivity contribution in [2.75, 3.05) is 26.7 Å². The molecule has 0 spiro atoms. The van der Waals surface area contributed by atoms with Crippen LogP contribution in [0.15, 0.2) is 91.0 Å². The molecule has 2 saturated heterocycles. The molecule has 0 aromatic heterocycles. The molecule has 5 nitrogen and oxygen atoms in total. The molecule has 5 rings (SSSR count). The molecule has 2 aliphatic rings. The van der Waals surface area contributed by atoms with Gasteiger partial charge in [0.2, 0.25) is 5.91 Å². The van der Waals surface area contributed by atoms with E-state index >= 15 is 0 Å². The molecule has 0 aliphatic carbocycles. The Bertz CT molecular complexity index is 1100. The highest BCUT2D eigenvalue weighted by molar-refractivity contribution is 5.91. The first-order valence-corrected chi connectivity index (χ1v) is 12.4. The van der Waals surface area contributed by atoms with Gasteiger partial charge < -0.3 is 9.64 Å². The molecule has 3 atom stereocenters. The van der Waals surface area contributed by atoms with E-state index in [2.05, 4.69) is 29.2 Å². The third kappa shape index (κ3) is 4.87. The van der Waals surface area contributed by atoms with E-state index in [0.717, 1.165) is 30.6 Å². The molecular weight excluding hydrogens is 436 g/mol. The van der Waals surface area contributed by atoms with Gasteiger partial charge in [-0.05, 0) is 42.0 Å². The SMILES string of the molecule is COC(=O)[C@@H]1C[C@H](N2CC[C@@H](c3ccccc3)C2)CN1C(=O)C(c1ccccc1)c1ccccc1. The number of amides is 1. The van der Waals surface area contributed by atoms with Crippen molar-refractivity contribution in [2.45, 2.75) is 36.8 Å². The highest BCUT2D eigenvalue weighted by Crippen LogP contribution is 2.35. The molecule has 3 aromatic rings. The van der Waals surface area contributed by atoms with Crippen LogP contribution in [0, 0.1) is 0 Å². The Balaban J connectivity index is 1.40. The van der Waals surface area contributed by atoms with Crippen molar-refractivity contribution in [3.05, 3.63) is 108 Å². The molecule has 0 radical (unpaired) electrons. The lowest BCUT2D eigenvalue weighted by Gasteiger charge is -2.28. The van der Waals surface area contributed by atoms with Gasteiger partial charge in [0.15, 0.2) is 0 Å². The number of carbonyl (C=O) groups excluding carboxylic acids is 2. The van der Waals surface area contributed by atoms with Gasteiger partial charge in [0.05, 0.1) is 13.0 Å². The van der Waals surface area contributed by atoms with Crippen LogP contribution in [0.2, 0.25) is 0 Å². The van der Waals surface area contributed by atoms with Crippen molar-refractivity contribution in [1.82, 2.24) is 9.80 Å². The summed E-state index contributed by atoms with van der Waals surface area (Å²) in [6.45, 7) is 2.46. The van der Waals surface area contributed by atoms with Gasteiger partial charge in [0.1, 0.15) is 6.04 Å². The second-order valence-electron chi connectivity index (χ2n) is 9.56. The van der Waals surface area contributed by atoms with E-state index in [1.165, 1.54) is 12.7 Å². The Kier molecular flexibility index (Phi) is 6.96. The molecule has 2 aliphatic heterocycles. The molecule has 1 amide bonds. The first-order valence-electron chi connectivity index (χ1n) is 12.4. The highest BCUT2D eigenvalue weighted by atomic mass is 16.5. The van der Waals surface area contributed by atoms with Crippen LogP contribution in [-0.4, -0.2) is 60.5 Å². The minimum absolute atomic E-state index is 0.0425. The van der Waals surface area contributed by atoms with E-state index in [0.29, 0.717) is 18.9 Å². The van der Waals surface area contributed by atoms with Crippen LogP contribution < -0.4 is 0 Å². The van der Waals surface area contributed by atoms with Gasteiger partial charge in [0.25, 0.3) is 0 Å². The topological polar surface area (TPSA) is 49.9 Å². The summed E-state index contributed by atoms with van der Waals surface area (Å²) in [5, 5.41) is 0. The minimum atomic E-state index is -0.566. The molecule has 2 heterocycles. The van der Waals surface area contributed by atoms with Crippen LogP contribution in [0.4, 0.5) is 0 Å². The van der Waals surface area contributed by atoms with Crippen LogP contribution >= 0.6 is 0 Å². The van der Waals surface area contributed by atoms with Gasteiger partial charge in [-0.2, -0.15) is 0 Å². The van der Waals surface area contributed by atoms with E-state index in [4.69, 9.17) is 4.74 Å². The Morgan fingerprint density at radius 1 is 0.829 bits per heavy atom. The Morgan fingerprint density at radius 3 is 1.97 bits per heavy atom. The number of nitrogens with zero attached hydrogens (tertiary/aromatic N) is 2. The molecule has 5 heteroatoms. The maximum absolute atomic E-state index is 14.1. The summed E-state index contributed by atoms with van der Waals surface area (Å²) in [4.78, 5) is 31.2. The molecule has 0 unspecified atom stereocenters. The molecule has 3 aromatic carbocycles. The quantitative estimate of drug-likeness (QED) is 0.502. The number of hydrogen-bond acceptors (Lipinski definition) is 4. The lowest BCUT2D eigenvalue weighted by atomic mass is 9.90. The van der Waals surface area contributed by atoms with E-state index < -0.39 is 12.0 Å². The number of esters is 1. The first kappa shape index (κ1) is 23.3. The number of rotatable bonds is 6. The summed E-state index contributed by atoms with van der Waals surface area (Å²) >= 11 is 0. The first-order chi connectivity index (χ1) is 17.2. The summed E-state index contributed by atoms with van der Waals surface area (Å²) in [5.74, 6) is -0.350. The molecule has 0 N–H and O–H groups in total. The van der Waals surface area contributed by atoms with E-state index in [1.54, 1.807) is 4.90 Å². The van der Waals surface area contributed by atoms with Gasteiger partial charge in [0, 0.05) is 19.1 Å². The molecule has 2 fully saturated rings. The number of carbonyl (C=O) groups is 2. The predicted octanol–water partition coefficient (Wildman–Crippen LogP) is 4.45. The average Bonchev–Trinajstić information content (AvgIpc) is 3.58. The van der Waals surface area contributed by atoms with Crippen LogP contribution in [0.5, 0.6) is 0 Å². The highest BCUT2D eigenvalue weighted by Gasteiger charge is 2.45. The fourth-order valence-corrected chi connectivity index (χ4v) is 5.73. The van der Waals surface area contributed by atoms with Crippen LogP contribution in [0.25, 0.3) is 0 Å². The van der Waals surface area contributed by atoms with Crippen LogP contribution in [0.3, 0.4) is 0 Å². The number of likely N-dealkylation sites (tertiary alicyclic amines) is 2. The lowest BCUT2D eigenvalue weighted by Crippen LogP contribution is -2.44. The summed E-state index contributed by atoms with van der Waals surface area (Å²) in [6, 6.07) is 29.9. The number of benzene rings is 3. The smallest absolute Gasteiger partial charge is 0.328 e. The zero-order chi connectivity index (χ0) is 24.2. The van der Waals surface area contributed by atoms with Gasteiger partial charge in [-0.1, -0.05) is 91.0 Å². The zero-order valence-corrected chi connectivity index (χ0v) is 20.1. The zero-order valence-electron chi connectivity index (χ0n) is 20.1. The van der Waals surface area contributed by atoms with E-state index in [9.17, 15) is 9.59 Å². The third-order valence-corrected chi connectivity index (χ3v) is 7.56. The van der Waals surface area contributed by atoms with Crippen LogP contribution in [0.1, 0.15) is 41.4 Å². The van der Waals surface area contributed by atoms with Crippen molar-refractivity contribution in [3.63, 3.8) is 0 Å². The van der Waals surface area contributed by atoms with Crippen molar-refractivity contribution < 1.29 is 14.3 Å². The number of ether oxygens (including phenoxy) is 1. The predicted molar refractivity (Wildman–Crippen MR) is 136 cm³/mol. The normalized spacial score (nSPS) is 22.5. The second-order valence-corrected chi connectivity index (χ2v) is 9.56. The second kappa shape index (κ2) is 10.4. The van der Waals surface area contributed by atoms with E-state index in [-0.39, 0.29) is 17.9 Å². The summed E-state index contributed by atoms with van der Waals surface area (Å²) < 4.78 is 5.16. The van der Waals surface area contributed by atoms with Gasteiger partial charge in [-0.3, -0.25) is 9.69 Å². The van der Waals surface area contributed by atoms with Crippen molar-refractivity contribution in [3.8, 4) is 0 Å². The molecular formula is C30H32N2O3. The number of hydrogen-bond donors (Lipinski definition) is 0. The van der Waals surface area contributed by atoms with Gasteiger partial charge in [-0.25, -0.2) is 4.79 Å². The summed E-state index contributed by atoms with van der Waals surface area (Å²) in [6.07, 6.45) is 1.70. The molecule has 0 saturated carbocycles. The van der Waals surface area contributed by atoms with Crippen molar-refractivity contribution in [2.24, 2.45) is 0 Å². The third-order valence-electron chi connectivity index (χ3n) is 7.56. The maximum atomic E-state index is 14.1. The van der Waals surface area contributed by atoms with E-state index in [1.807, 2.05) is 66.7 Å². The average molecular weight is 469 g/mol. The Labute approximate surface area is 207 Å². The minimum Gasteiger partial charge on any atom is -0.467 e. The summed E-state index contributed by atoms with van der Waals surface area (Å²) in [5.41, 5.74) is 3.22. The fourth-order valence-electron chi connectivity index (χ4n) is 5.73. The largest absolute Gasteiger partial charge is 0.467 e. The van der Waals surface area contributed by atoms with Gasteiger partial charge >= 0.3 is 5.97 Å². The standard InChI is InChI=1S/C30H32N2O3/c1-35-30(34)27-19-26(31-18-17-25(20-31)22-11-5-2-6-12-22)21-32(27)29(33)28(23-13-7-3-8-14-23)24-15-9-4-10-16-24/h2-16,25-28H,17-21H2,1H3/t25-,26+,27+/m1/s1. The fraction of sp³-hybridized carbons (Fsp3) is 0.333. The monoisotopic (exact) mass is 468 g/mol. The van der Waals surface area contributed by atoms with Crippen molar-refractivity contribution in [1.29, 1.82) is 0 Å². The maximum Gasteiger partial charge on any atom is 0.328 e. The van der Waals surface area contributed by atoms with Crippen molar-refractivity contribution >= 4 is 11.9 Å². The lowest BCUT2D eigenvalue weighted by molar-refractivity contribution is -0.151.